The van der Waals surface area contributed by atoms with Gasteiger partial charge in [-0.1, -0.05) is 23.7 Å². The number of aromatic nitrogens is 1. The van der Waals surface area contributed by atoms with Crippen LogP contribution in [-0.2, 0) is 0 Å². The van der Waals surface area contributed by atoms with Crippen LogP contribution in [0.25, 0.3) is 21.9 Å². The monoisotopic (exact) mass is 296 g/mol. The molecule has 0 radical (unpaired) electrons. The fourth-order valence-electron chi connectivity index (χ4n) is 2.46. The minimum atomic E-state index is -0.342. The van der Waals surface area contributed by atoms with Crippen LogP contribution in [0.2, 0.25) is 5.15 Å². The molecule has 2 nitrogen and oxygen atoms in total. The average Bonchev–Trinajstić information content (AvgIpc) is 2.47. The second kappa shape index (κ2) is 5.16. The Hall–Kier alpha value is -2.44. The van der Waals surface area contributed by atoms with E-state index in [0.717, 1.165) is 10.9 Å². The minimum Gasteiger partial charge on any atom is -0.244 e. The van der Waals surface area contributed by atoms with E-state index in [1.54, 1.807) is 30.5 Å². The Morgan fingerprint density at radius 3 is 2.76 bits per heavy atom. The zero-order valence-electron chi connectivity index (χ0n) is 11.2. The van der Waals surface area contributed by atoms with E-state index in [9.17, 15) is 9.65 Å². The first-order valence-electron chi connectivity index (χ1n) is 6.35. The molecule has 2 aromatic carbocycles. The molecule has 0 spiro atoms. The summed E-state index contributed by atoms with van der Waals surface area (Å²) in [6.07, 6.45) is 1.59. The Kier molecular flexibility index (Phi) is 3.32. The van der Waals surface area contributed by atoms with Gasteiger partial charge >= 0.3 is 0 Å². The quantitative estimate of drug-likeness (QED) is 0.600. The van der Waals surface area contributed by atoms with Gasteiger partial charge in [0, 0.05) is 22.7 Å². The van der Waals surface area contributed by atoms with Crippen molar-refractivity contribution in [3.05, 3.63) is 64.7 Å². The molecular formula is C17H10ClFN2. The SMILES string of the molecule is Cc1cccc(F)c1-c1cc2ccnc(Cl)c2cc1C#N. The van der Waals surface area contributed by atoms with Gasteiger partial charge in [0.05, 0.1) is 11.6 Å². The third kappa shape index (κ3) is 2.24. The predicted octanol–water partition coefficient (Wildman–Crippen LogP) is 4.87. The molecule has 102 valence electrons. The van der Waals surface area contributed by atoms with Gasteiger partial charge in [-0.3, -0.25) is 0 Å². The summed E-state index contributed by atoms with van der Waals surface area (Å²) in [5, 5.41) is 11.2. The standard InChI is InChI=1S/C17H10ClFN2/c1-10-3-2-4-15(19)16(10)13-7-11-5-6-21-17(18)14(11)8-12(13)9-20/h2-8H,1H3. The van der Waals surface area contributed by atoms with E-state index in [0.29, 0.717) is 27.2 Å². The fraction of sp³-hybridized carbons (Fsp3) is 0.0588. The molecule has 0 aliphatic rings. The summed E-state index contributed by atoms with van der Waals surface area (Å²) in [6.45, 7) is 1.82. The number of hydrogen-bond acceptors (Lipinski definition) is 2. The van der Waals surface area contributed by atoms with Crippen LogP contribution in [0.3, 0.4) is 0 Å². The van der Waals surface area contributed by atoms with E-state index in [-0.39, 0.29) is 5.82 Å². The minimum absolute atomic E-state index is 0.334. The van der Waals surface area contributed by atoms with Crippen LogP contribution in [0.1, 0.15) is 11.1 Å². The Bertz CT molecular complexity index is 877. The zero-order valence-corrected chi connectivity index (χ0v) is 11.9. The zero-order chi connectivity index (χ0) is 15.0. The summed E-state index contributed by atoms with van der Waals surface area (Å²) in [5.74, 6) is -0.342. The molecule has 21 heavy (non-hydrogen) atoms. The molecule has 0 atom stereocenters. The second-order valence-corrected chi connectivity index (χ2v) is 5.12. The van der Waals surface area contributed by atoms with Gasteiger partial charge in [-0.25, -0.2) is 9.37 Å². The Balaban J connectivity index is 2.41. The van der Waals surface area contributed by atoms with Crippen LogP contribution in [0.4, 0.5) is 4.39 Å². The van der Waals surface area contributed by atoms with Crippen LogP contribution in [0.5, 0.6) is 0 Å². The van der Waals surface area contributed by atoms with Crippen molar-refractivity contribution in [2.24, 2.45) is 0 Å². The first-order chi connectivity index (χ1) is 10.1. The van der Waals surface area contributed by atoms with Crippen molar-refractivity contribution in [2.45, 2.75) is 6.92 Å². The van der Waals surface area contributed by atoms with Crippen molar-refractivity contribution in [3.63, 3.8) is 0 Å². The molecule has 0 saturated carbocycles. The third-order valence-electron chi connectivity index (χ3n) is 3.47. The van der Waals surface area contributed by atoms with Crippen molar-refractivity contribution in [3.8, 4) is 17.2 Å². The van der Waals surface area contributed by atoms with E-state index >= 15 is 0 Å². The Morgan fingerprint density at radius 1 is 1.24 bits per heavy atom. The first-order valence-corrected chi connectivity index (χ1v) is 6.73. The van der Waals surface area contributed by atoms with Gasteiger partial charge in [0.2, 0.25) is 0 Å². The van der Waals surface area contributed by atoms with Crippen LogP contribution < -0.4 is 0 Å². The lowest BCUT2D eigenvalue weighted by molar-refractivity contribution is 0.630. The van der Waals surface area contributed by atoms with E-state index in [2.05, 4.69) is 11.1 Å². The van der Waals surface area contributed by atoms with Crippen molar-refractivity contribution >= 4 is 22.4 Å². The van der Waals surface area contributed by atoms with Gasteiger partial charge in [-0.05, 0) is 42.1 Å². The number of benzene rings is 2. The van der Waals surface area contributed by atoms with Crippen LogP contribution in [-0.4, -0.2) is 4.98 Å². The van der Waals surface area contributed by atoms with E-state index in [1.165, 1.54) is 6.07 Å². The number of aryl methyl sites for hydroxylation is 1. The van der Waals surface area contributed by atoms with Gasteiger partial charge in [-0.15, -0.1) is 0 Å². The van der Waals surface area contributed by atoms with Crippen molar-refractivity contribution in [1.29, 1.82) is 5.26 Å². The maximum Gasteiger partial charge on any atom is 0.136 e. The van der Waals surface area contributed by atoms with Crippen molar-refractivity contribution in [1.82, 2.24) is 4.98 Å². The topological polar surface area (TPSA) is 36.7 Å². The summed E-state index contributed by atoms with van der Waals surface area (Å²) < 4.78 is 14.2. The summed E-state index contributed by atoms with van der Waals surface area (Å²) in [7, 11) is 0. The molecule has 0 fully saturated rings. The average molecular weight is 297 g/mol. The molecule has 0 unspecified atom stereocenters. The van der Waals surface area contributed by atoms with Gasteiger partial charge in [0.15, 0.2) is 0 Å². The number of nitrogens with zero attached hydrogens (tertiary/aromatic N) is 2. The summed E-state index contributed by atoms with van der Waals surface area (Å²) in [6, 6.07) is 12.2. The van der Waals surface area contributed by atoms with Crippen LogP contribution >= 0.6 is 11.6 Å². The first kappa shape index (κ1) is 13.5. The summed E-state index contributed by atoms with van der Waals surface area (Å²) >= 11 is 6.05. The number of fused-ring (bicyclic) bond motifs is 1. The number of hydrogen-bond donors (Lipinski definition) is 0. The normalized spacial score (nSPS) is 10.6. The molecule has 0 bridgehead atoms. The van der Waals surface area contributed by atoms with E-state index in [1.807, 2.05) is 13.0 Å². The Labute approximate surface area is 126 Å². The molecule has 0 aliphatic heterocycles. The summed E-state index contributed by atoms with van der Waals surface area (Å²) in [4.78, 5) is 4.00. The number of rotatable bonds is 1. The molecule has 3 aromatic rings. The highest BCUT2D eigenvalue weighted by molar-refractivity contribution is 6.34. The largest absolute Gasteiger partial charge is 0.244 e. The van der Waals surface area contributed by atoms with Gasteiger partial charge in [-0.2, -0.15) is 5.26 Å². The lowest BCUT2D eigenvalue weighted by Gasteiger charge is -2.11. The van der Waals surface area contributed by atoms with Crippen LogP contribution in [0.15, 0.2) is 42.6 Å². The highest BCUT2D eigenvalue weighted by atomic mass is 35.5. The van der Waals surface area contributed by atoms with Gasteiger partial charge < -0.3 is 0 Å². The molecule has 0 N–H and O–H groups in total. The van der Waals surface area contributed by atoms with Crippen molar-refractivity contribution in [2.75, 3.05) is 0 Å². The molecule has 0 aliphatic carbocycles. The molecule has 1 heterocycles. The molecule has 1 aromatic heterocycles. The lowest BCUT2D eigenvalue weighted by Crippen LogP contribution is -1.93. The molecular weight excluding hydrogens is 287 g/mol. The number of nitriles is 1. The number of pyridine rings is 1. The maximum atomic E-state index is 14.2. The van der Waals surface area contributed by atoms with Crippen LogP contribution in [0, 0.1) is 24.1 Å². The van der Waals surface area contributed by atoms with Crippen molar-refractivity contribution < 1.29 is 4.39 Å². The molecule has 4 heteroatoms. The Morgan fingerprint density at radius 2 is 2.05 bits per heavy atom. The fourth-order valence-corrected chi connectivity index (χ4v) is 2.68. The highest BCUT2D eigenvalue weighted by Gasteiger charge is 2.14. The third-order valence-corrected chi connectivity index (χ3v) is 3.77. The maximum absolute atomic E-state index is 14.2. The van der Waals surface area contributed by atoms with E-state index < -0.39 is 0 Å². The van der Waals surface area contributed by atoms with Gasteiger partial charge in [0.1, 0.15) is 11.0 Å². The smallest absolute Gasteiger partial charge is 0.136 e. The number of halogens is 2. The lowest BCUT2D eigenvalue weighted by atomic mass is 9.93. The highest BCUT2D eigenvalue weighted by Crippen LogP contribution is 2.34. The predicted molar refractivity (Wildman–Crippen MR) is 81.6 cm³/mol. The summed E-state index contributed by atoms with van der Waals surface area (Å²) in [5.41, 5.74) is 2.18. The second-order valence-electron chi connectivity index (χ2n) is 4.76. The van der Waals surface area contributed by atoms with Gasteiger partial charge in [0.25, 0.3) is 0 Å². The molecule has 3 rings (SSSR count). The van der Waals surface area contributed by atoms with E-state index in [4.69, 9.17) is 11.6 Å². The molecule has 0 saturated heterocycles. The molecule has 0 amide bonds.